The summed E-state index contributed by atoms with van der Waals surface area (Å²) >= 11 is 0. The van der Waals surface area contributed by atoms with E-state index in [0.717, 1.165) is 41.7 Å². The number of benzene rings is 2. The zero-order valence-corrected chi connectivity index (χ0v) is 19.5. The second kappa shape index (κ2) is 10.6. The highest BCUT2D eigenvalue weighted by atomic mass is 15.3. The molecule has 0 bridgehead atoms. The number of nitrogens with zero attached hydrogens (tertiary/aromatic N) is 5. The van der Waals surface area contributed by atoms with Gasteiger partial charge in [-0.2, -0.15) is 5.10 Å². The van der Waals surface area contributed by atoms with Gasteiger partial charge >= 0.3 is 0 Å². The molecule has 7 nitrogen and oxygen atoms in total. The minimum Gasteiger partial charge on any atom is -0.357 e. The van der Waals surface area contributed by atoms with Crippen molar-refractivity contribution in [2.45, 2.75) is 40.4 Å². The van der Waals surface area contributed by atoms with Crippen molar-refractivity contribution in [3.8, 4) is 5.69 Å². The third kappa shape index (κ3) is 5.88. The molecule has 0 saturated heterocycles. The Hall–Kier alpha value is -3.87. The highest BCUT2D eigenvalue weighted by molar-refractivity contribution is 5.79. The largest absolute Gasteiger partial charge is 0.357 e. The summed E-state index contributed by atoms with van der Waals surface area (Å²) in [5.74, 6) is 0.792. The predicted molar refractivity (Wildman–Crippen MR) is 132 cm³/mol. The molecule has 0 aliphatic heterocycles. The van der Waals surface area contributed by atoms with Crippen LogP contribution in [0.3, 0.4) is 0 Å². The van der Waals surface area contributed by atoms with Crippen molar-refractivity contribution in [1.29, 1.82) is 0 Å². The van der Waals surface area contributed by atoms with Crippen LogP contribution in [-0.2, 0) is 19.6 Å². The Morgan fingerprint density at radius 3 is 2.61 bits per heavy atom. The van der Waals surface area contributed by atoms with Gasteiger partial charge in [0.2, 0.25) is 0 Å². The Morgan fingerprint density at radius 1 is 1.00 bits per heavy atom. The van der Waals surface area contributed by atoms with Crippen molar-refractivity contribution in [2.75, 3.05) is 6.54 Å². The van der Waals surface area contributed by atoms with Crippen molar-refractivity contribution >= 4 is 5.96 Å². The van der Waals surface area contributed by atoms with Gasteiger partial charge in [-0.05, 0) is 49.6 Å². The Kier molecular flexibility index (Phi) is 7.19. The summed E-state index contributed by atoms with van der Waals surface area (Å²) in [6, 6.07) is 19.0. The van der Waals surface area contributed by atoms with E-state index in [2.05, 4.69) is 87.7 Å². The number of aliphatic imine (C=N–C) groups is 1. The van der Waals surface area contributed by atoms with E-state index < -0.39 is 0 Å². The number of rotatable bonds is 8. The summed E-state index contributed by atoms with van der Waals surface area (Å²) in [4.78, 5) is 8.93. The first kappa shape index (κ1) is 22.3. The molecule has 2 aromatic heterocycles. The number of para-hydroxylation sites is 1. The second-order valence-corrected chi connectivity index (χ2v) is 8.07. The normalized spacial score (nSPS) is 11.5. The molecular formula is C26H31N7. The standard InChI is InChI=1S/C26H31N7/c1-4-28-26(29-16-22-8-7-9-23(15-22)18-32-13-12-27-19-32)30-17-24-10-5-6-11-25(24)33-21(3)14-20(2)31-33/h5-15,19H,4,16-18H2,1-3H3,(H2,28,29,30). The van der Waals surface area contributed by atoms with Crippen LogP contribution >= 0.6 is 0 Å². The van der Waals surface area contributed by atoms with E-state index in [9.17, 15) is 0 Å². The van der Waals surface area contributed by atoms with Crippen LogP contribution in [0.4, 0.5) is 0 Å². The molecule has 0 unspecified atom stereocenters. The van der Waals surface area contributed by atoms with Crippen LogP contribution in [0.1, 0.15) is 35.0 Å². The van der Waals surface area contributed by atoms with Gasteiger partial charge in [-0.15, -0.1) is 0 Å². The molecule has 2 N–H and O–H groups in total. The van der Waals surface area contributed by atoms with Gasteiger partial charge in [0.1, 0.15) is 0 Å². The van der Waals surface area contributed by atoms with Crippen LogP contribution in [0.5, 0.6) is 0 Å². The number of aromatic nitrogens is 4. The lowest BCUT2D eigenvalue weighted by atomic mass is 10.1. The van der Waals surface area contributed by atoms with E-state index in [1.54, 1.807) is 6.20 Å². The van der Waals surface area contributed by atoms with E-state index in [1.165, 1.54) is 11.1 Å². The van der Waals surface area contributed by atoms with Crippen molar-refractivity contribution < 1.29 is 0 Å². The maximum atomic E-state index is 4.81. The van der Waals surface area contributed by atoms with E-state index in [0.29, 0.717) is 13.1 Å². The molecule has 2 heterocycles. The Labute approximate surface area is 195 Å². The summed E-state index contributed by atoms with van der Waals surface area (Å²) in [7, 11) is 0. The van der Waals surface area contributed by atoms with E-state index in [1.807, 2.05) is 30.2 Å². The molecule has 170 valence electrons. The van der Waals surface area contributed by atoms with Gasteiger partial charge in [0.25, 0.3) is 0 Å². The molecule has 4 rings (SSSR count). The first-order valence-corrected chi connectivity index (χ1v) is 11.3. The molecule has 33 heavy (non-hydrogen) atoms. The predicted octanol–water partition coefficient (Wildman–Crippen LogP) is 3.99. The van der Waals surface area contributed by atoms with Gasteiger partial charge in [0.15, 0.2) is 5.96 Å². The zero-order valence-electron chi connectivity index (χ0n) is 19.5. The third-order valence-corrected chi connectivity index (χ3v) is 5.36. The number of hydrogen-bond acceptors (Lipinski definition) is 3. The van der Waals surface area contributed by atoms with E-state index >= 15 is 0 Å². The first-order chi connectivity index (χ1) is 16.1. The van der Waals surface area contributed by atoms with Crippen LogP contribution in [0.15, 0.2) is 78.3 Å². The van der Waals surface area contributed by atoms with E-state index in [-0.39, 0.29) is 0 Å². The summed E-state index contributed by atoms with van der Waals surface area (Å²) in [6.07, 6.45) is 5.61. The van der Waals surface area contributed by atoms with E-state index in [4.69, 9.17) is 4.99 Å². The topological polar surface area (TPSA) is 72.1 Å². The maximum absolute atomic E-state index is 4.81. The van der Waals surface area contributed by atoms with Crippen molar-refractivity contribution in [3.05, 3.63) is 101 Å². The third-order valence-electron chi connectivity index (χ3n) is 5.36. The summed E-state index contributed by atoms with van der Waals surface area (Å²) in [5, 5.41) is 11.5. The first-order valence-electron chi connectivity index (χ1n) is 11.3. The lowest BCUT2D eigenvalue weighted by Crippen LogP contribution is -2.37. The quantitative estimate of drug-likeness (QED) is 0.320. The number of guanidine groups is 1. The number of nitrogens with one attached hydrogen (secondary N) is 2. The van der Waals surface area contributed by atoms with Crippen LogP contribution < -0.4 is 10.6 Å². The fourth-order valence-electron chi connectivity index (χ4n) is 3.85. The molecule has 0 fully saturated rings. The van der Waals surface area contributed by atoms with Gasteiger partial charge in [0.05, 0.1) is 24.3 Å². The van der Waals surface area contributed by atoms with Gasteiger partial charge in [-0.3, -0.25) is 0 Å². The summed E-state index contributed by atoms with van der Waals surface area (Å²) in [6.45, 7) is 9.03. The summed E-state index contributed by atoms with van der Waals surface area (Å²) in [5.41, 5.74) is 6.79. The molecule has 4 aromatic rings. The molecule has 0 amide bonds. The number of hydrogen-bond donors (Lipinski definition) is 2. The van der Waals surface area contributed by atoms with Crippen molar-refractivity contribution in [3.63, 3.8) is 0 Å². The molecular weight excluding hydrogens is 410 g/mol. The lowest BCUT2D eigenvalue weighted by molar-refractivity contribution is 0.782. The second-order valence-electron chi connectivity index (χ2n) is 8.07. The number of imidazole rings is 1. The maximum Gasteiger partial charge on any atom is 0.191 e. The fraction of sp³-hybridized carbons (Fsp3) is 0.269. The van der Waals surface area contributed by atoms with Gasteiger partial charge in [0, 0.05) is 37.7 Å². The van der Waals surface area contributed by atoms with Crippen LogP contribution in [0, 0.1) is 13.8 Å². The number of aryl methyl sites for hydroxylation is 2. The summed E-state index contributed by atoms with van der Waals surface area (Å²) < 4.78 is 4.07. The average Bonchev–Trinajstić information content (AvgIpc) is 3.45. The Morgan fingerprint density at radius 2 is 1.85 bits per heavy atom. The van der Waals surface area contributed by atoms with Crippen molar-refractivity contribution in [2.24, 2.45) is 4.99 Å². The van der Waals surface area contributed by atoms with Crippen LogP contribution in [0.2, 0.25) is 0 Å². The van der Waals surface area contributed by atoms with Crippen molar-refractivity contribution in [1.82, 2.24) is 30.0 Å². The SMILES string of the molecule is CCNC(=NCc1cccc(Cn2ccnc2)c1)NCc1ccccc1-n1nc(C)cc1C. The Balaban J connectivity index is 1.45. The van der Waals surface area contributed by atoms with Crippen LogP contribution in [0.25, 0.3) is 5.69 Å². The van der Waals surface area contributed by atoms with Gasteiger partial charge < -0.3 is 15.2 Å². The minimum absolute atomic E-state index is 0.603. The lowest BCUT2D eigenvalue weighted by Gasteiger charge is -2.15. The Bertz CT molecular complexity index is 1210. The molecule has 0 aliphatic rings. The molecule has 0 atom stereocenters. The molecule has 0 aliphatic carbocycles. The molecule has 2 aromatic carbocycles. The minimum atomic E-state index is 0.603. The molecule has 0 saturated carbocycles. The highest BCUT2D eigenvalue weighted by Gasteiger charge is 2.09. The van der Waals surface area contributed by atoms with Gasteiger partial charge in [-0.1, -0.05) is 42.5 Å². The fourth-order valence-corrected chi connectivity index (χ4v) is 3.85. The molecule has 0 radical (unpaired) electrons. The molecule has 7 heteroatoms. The zero-order chi connectivity index (χ0) is 23.0. The van der Waals surface area contributed by atoms with Crippen LogP contribution in [-0.4, -0.2) is 31.8 Å². The van der Waals surface area contributed by atoms with Gasteiger partial charge in [-0.25, -0.2) is 14.7 Å². The molecule has 0 spiro atoms. The monoisotopic (exact) mass is 441 g/mol. The highest BCUT2D eigenvalue weighted by Crippen LogP contribution is 2.17. The smallest absolute Gasteiger partial charge is 0.191 e. The average molecular weight is 442 g/mol.